The number of esters is 1. The number of carbonyl (C=O) groups is 1. The van der Waals surface area contributed by atoms with Gasteiger partial charge in [0, 0.05) is 0 Å². The lowest BCUT2D eigenvalue weighted by molar-refractivity contribution is 0.0165. The van der Waals surface area contributed by atoms with Gasteiger partial charge in [-0.1, -0.05) is 36.4 Å². The van der Waals surface area contributed by atoms with Gasteiger partial charge in [-0.3, -0.25) is 0 Å². The molecule has 1 saturated heterocycles. The lowest BCUT2D eigenvalue weighted by Gasteiger charge is -2.28. The Morgan fingerprint density at radius 1 is 0.848 bits per heavy atom. The molecule has 1 atom stereocenters. The third-order valence-corrected chi connectivity index (χ3v) is 6.45. The fraction of sp³-hybridized carbons (Fsp3) is 0.321. The molecule has 0 radical (unpaired) electrons. The number of carbonyl (C=O) groups excluding carboxylic acids is 1. The van der Waals surface area contributed by atoms with E-state index in [0.29, 0.717) is 29.4 Å². The molecule has 33 heavy (non-hydrogen) atoms. The molecule has 5 heteroatoms. The average molecular weight is 447 g/mol. The highest BCUT2D eigenvalue weighted by Gasteiger charge is 2.27. The zero-order valence-corrected chi connectivity index (χ0v) is 18.4. The molecule has 1 aliphatic carbocycles. The maximum absolute atomic E-state index is 13.1. The van der Waals surface area contributed by atoms with Crippen molar-refractivity contribution in [2.75, 3.05) is 13.2 Å². The van der Waals surface area contributed by atoms with Gasteiger partial charge in [0.05, 0.1) is 24.9 Å². The number of hydrogen-bond acceptors (Lipinski definition) is 4. The fourth-order valence-corrected chi connectivity index (χ4v) is 4.39. The molecule has 1 saturated carbocycles. The van der Waals surface area contributed by atoms with E-state index in [2.05, 4.69) is 0 Å². The van der Waals surface area contributed by atoms with E-state index in [-0.39, 0.29) is 11.8 Å². The SMILES string of the molecule is O=C(Oc1ccc(-c2ccc(F)cc2)cc1)c1ccc(C2CCC(OCC3CO3)CC2)cc1. The largest absolute Gasteiger partial charge is 0.423 e. The van der Waals surface area contributed by atoms with Crippen molar-refractivity contribution in [2.45, 2.75) is 43.8 Å². The van der Waals surface area contributed by atoms with Gasteiger partial charge in [-0.05, 0) is 84.7 Å². The first-order chi connectivity index (χ1) is 16.1. The lowest BCUT2D eigenvalue weighted by atomic mass is 9.82. The van der Waals surface area contributed by atoms with Gasteiger partial charge in [-0.25, -0.2) is 9.18 Å². The third kappa shape index (κ3) is 5.67. The van der Waals surface area contributed by atoms with Crippen molar-refractivity contribution in [1.82, 2.24) is 0 Å². The molecule has 2 aliphatic rings. The molecule has 3 aromatic carbocycles. The number of hydrogen-bond donors (Lipinski definition) is 0. The Bertz CT molecular complexity index is 1060. The molecular formula is C28H27FO4. The van der Waals surface area contributed by atoms with E-state index in [1.807, 2.05) is 36.4 Å². The molecule has 2 fully saturated rings. The Morgan fingerprint density at radius 3 is 2.06 bits per heavy atom. The van der Waals surface area contributed by atoms with E-state index in [4.69, 9.17) is 14.2 Å². The quantitative estimate of drug-likeness (QED) is 0.248. The minimum absolute atomic E-state index is 0.267. The van der Waals surface area contributed by atoms with Crippen molar-refractivity contribution in [1.29, 1.82) is 0 Å². The summed E-state index contributed by atoms with van der Waals surface area (Å²) in [5.74, 6) is 0.336. The van der Waals surface area contributed by atoms with E-state index in [9.17, 15) is 9.18 Å². The van der Waals surface area contributed by atoms with E-state index in [0.717, 1.165) is 50.0 Å². The molecule has 1 heterocycles. The highest BCUT2D eigenvalue weighted by molar-refractivity contribution is 5.91. The van der Waals surface area contributed by atoms with Crippen LogP contribution in [-0.4, -0.2) is 31.4 Å². The lowest BCUT2D eigenvalue weighted by Crippen LogP contribution is -2.22. The fourth-order valence-electron chi connectivity index (χ4n) is 4.39. The van der Waals surface area contributed by atoms with Crippen molar-refractivity contribution >= 4 is 5.97 Å². The molecule has 0 aromatic heterocycles. The van der Waals surface area contributed by atoms with Gasteiger partial charge in [-0.2, -0.15) is 0 Å². The topological polar surface area (TPSA) is 48.1 Å². The van der Waals surface area contributed by atoms with Crippen LogP contribution in [0.4, 0.5) is 4.39 Å². The van der Waals surface area contributed by atoms with Crippen molar-refractivity contribution in [3.05, 3.63) is 89.7 Å². The van der Waals surface area contributed by atoms with Gasteiger partial charge >= 0.3 is 5.97 Å². The van der Waals surface area contributed by atoms with Crippen LogP contribution >= 0.6 is 0 Å². The first kappa shape index (κ1) is 21.8. The second-order valence-electron chi connectivity index (χ2n) is 8.81. The van der Waals surface area contributed by atoms with Gasteiger partial charge < -0.3 is 14.2 Å². The number of epoxide rings is 1. The summed E-state index contributed by atoms with van der Waals surface area (Å²) in [5, 5.41) is 0. The smallest absolute Gasteiger partial charge is 0.343 e. The number of ether oxygens (including phenoxy) is 3. The second kappa shape index (κ2) is 9.86. The highest BCUT2D eigenvalue weighted by Crippen LogP contribution is 2.34. The molecule has 4 nitrogen and oxygen atoms in total. The maximum atomic E-state index is 13.1. The summed E-state index contributed by atoms with van der Waals surface area (Å²) in [7, 11) is 0. The number of rotatable bonds is 7. The Hall–Kier alpha value is -3.02. The maximum Gasteiger partial charge on any atom is 0.343 e. The first-order valence-corrected chi connectivity index (χ1v) is 11.6. The Morgan fingerprint density at radius 2 is 1.45 bits per heavy atom. The molecular weight excluding hydrogens is 419 g/mol. The van der Waals surface area contributed by atoms with Crippen molar-refractivity contribution < 1.29 is 23.4 Å². The van der Waals surface area contributed by atoms with E-state index in [1.54, 1.807) is 24.3 Å². The summed E-state index contributed by atoms with van der Waals surface area (Å²) in [6.45, 7) is 1.56. The van der Waals surface area contributed by atoms with Crippen LogP contribution in [0, 0.1) is 5.82 Å². The van der Waals surface area contributed by atoms with Crippen LogP contribution in [0.2, 0.25) is 0 Å². The zero-order valence-electron chi connectivity index (χ0n) is 18.4. The van der Waals surface area contributed by atoms with Gasteiger partial charge in [0.25, 0.3) is 0 Å². The summed E-state index contributed by atoms with van der Waals surface area (Å²) in [6, 6.07) is 21.3. The van der Waals surface area contributed by atoms with E-state index in [1.165, 1.54) is 17.7 Å². The third-order valence-electron chi connectivity index (χ3n) is 6.45. The van der Waals surface area contributed by atoms with Gasteiger partial charge in [-0.15, -0.1) is 0 Å². The molecule has 0 bridgehead atoms. The van der Waals surface area contributed by atoms with Crippen LogP contribution in [0.5, 0.6) is 5.75 Å². The predicted molar refractivity (Wildman–Crippen MR) is 124 cm³/mol. The van der Waals surface area contributed by atoms with Crippen molar-refractivity contribution in [3.63, 3.8) is 0 Å². The molecule has 3 aromatic rings. The second-order valence-corrected chi connectivity index (χ2v) is 8.81. The van der Waals surface area contributed by atoms with Crippen LogP contribution in [0.1, 0.15) is 47.5 Å². The average Bonchev–Trinajstić information content (AvgIpc) is 3.69. The Balaban J connectivity index is 1.14. The van der Waals surface area contributed by atoms with Crippen LogP contribution in [0.25, 0.3) is 11.1 Å². The number of halogens is 1. The summed E-state index contributed by atoms with van der Waals surface area (Å²) >= 11 is 0. The molecule has 170 valence electrons. The summed E-state index contributed by atoms with van der Waals surface area (Å²) in [5.41, 5.74) is 3.63. The van der Waals surface area contributed by atoms with Crippen molar-refractivity contribution in [2.24, 2.45) is 0 Å². The van der Waals surface area contributed by atoms with Gasteiger partial charge in [0.2, 0.25) is 0 Å². The van der Waals surface area contributed by atoms with Crippen LogP contribution in [0.3, 0.4) is 0 Å². The molecule has 5 rings (SSSR count). The van der Waals surface area contributed by atoms with Crippen LogP contribution in [-0.2, 0) is 9.47 Å². The van der Waals surface area contributed by atoms with Gasteiger partial charge in [0.15, 0.2) is 0 Å². The molecule has 0 spiro atoms. The molecule has 0 amide bonds. The van der Waals surface area contributed by atoms with Crippen LogP contribution < -0.4 is 4.74 Å². The molecule has 0 N–H and O–H groups in total. The van der Waals surface area contributed by atoms with E-state index >= 15 is 0 Å². The predicted octanol–water partition coefficient (Wildman–Crippen LogP) is 6.15. The first-order valence-electron chi connectivity index (χ1n) is 11.6. The van der Waals surface area contributed by atoms with Gasteiger partial charge in [0.1, 0.15) is 17.7 Å². The summed E-state index contributed by atoms with van der Waals surface area (Å²) < 4.78 is 29.8. The standard InChI is InChI=1S/C28H27FO4/c29-24-11-5-20(6-12-24)22-9-15-26(16-10-22)33-28(30)23-3-1-19(2-4-23)21-7-13-25(14-8-21)31-17-27-18-32-27/h1-6,9-12,15-16,21,25,27H,7-8,13-14,17-18H2. The summed E-state index contributed by atoms with van der Waals surface area (Å²) in [6.07, 6.45) is 4.99. The summed E-state index contributed by atoms with van der Waals surface area (Å²) in [4.78, 5) is 12.6. The minimum Gasteiger partial charge on any atom is -0.423 e. The Labute approximate surface area is 193 Å². The molecule has 1 aliphatic heterocycles. The Kier molecular flexibility index (Phi) is 6.51. The van der Waals surface area contributed by atoms with E-state index < -0.39 is 0 Å². The normalized spacial score (nSPS) is 22.0. The number of benzene rings is 3. The monoisotopic (exact) mass is 446 g/mol. The van der Waals surface area contributed by atoms with Crippen LogP contribution in [0.15, 0.2) is 72.8 Å². The minimum atomic E-state index is -0.379. The zero-order chi connectivity index (χ0) is 22.6. The highest BCUT2D eigenvalue weighted by atomic mass is 19.1. The van der Waals surface area contributed by atoms with Crippen molar-refractivity contribution in [3.8, 4) is 16.9 Å². The molecule has 1 unspecified atom stereocenters.